The summed E-state index contributed by atoms with van der Waals surface area (Å²) < 4.78 is 17.2. The first-order valence-electron chi connectivity index (χ1n) is 12.4. The Morgan fingerprint density at radius 3 is 2.69 bits per heavy atom. The summed E-state index contributed by atoms with van der Waals surface area (Å²) in [5, 5.41) is 6.54. The molecule has 0 radical (unpaired) electrons. The molecule has 3 aromatic heterocycles. The minimum absolute atomic E-state index is 0.0158. The summed E-state index contributed by atoms with van der Waals surface area (Å²) >= 11 is 0. The lowest BCUT2D eigenvalue weighted by Crippen LogP contribution is -2.26. The zero-order chi connectivity index (χ0) is 24.2. The van der Waals surface area contributed by atoms with Crippen LogP contribution in [0.15, 0.2) is 36.7 Å². The van der Waals surface area contributed by atoms with Crippen LogP contribution in [-0.2, 0) is 12.0 Å². The summed E-state index contributed by atoms with van der Waals surface area (Å²) in [7, 11) is 0. The maximum Gasteiger partial charge on any atom is 0.229 e. The fraction of sp³-hybridized carbons (Fsp3) is 0.407. The smallest absolute Gasteiger partial charge is 0.229 e. The third-order valence-electron chi connectivity index (χ3n) is 7.44. The predicted octanol–water partition coefficient (Wildman–Crippen LogP) is 5.23. The van der Waals surface area contributed by atoms with Gasteiger partial charge in [-0.05, 0) is 88.4 Å². The number of fused-ring (bicyclic) bond motifs is 3. The van der Waals surface area contributed by atoms with Gasteiger partial charge < -0.3 is 15.2 Å². The topological polar surface area (TPSA) is 80.6 Å². The number of benzene rings is 1. The summed E-state index contributed by atoms with van der Waals surface area (Å²) in [6.45, 7) is 8.56. The molecule has 0 unspecified atom stereocenters. The largest absolute Gasteiger partial charge is 0.322 e. The van der Waals surface area contributed by atoms with E-state index in [2.05, 4.69) is 50.1 Å². The van der Waals surface area contributed by atoms with Gasteiger partial charge in [-0.25, -0.2) is 24.3 Å². The average Bonchev–Trinajstić information content (AvgIpc) is 3.39. The number of nitrogens with zero attached hydrogens (tertiary/aromatic N) is 5. The molecule has 0 spiro atoms. The van der Waals surface area contributed by atoms with Crippen LogP contribution < -0.4 is 10.6 Å². The monoisotopic (exact) mass is 471 g/mol. The van der Waals surface area contributed by atoms with Crippen LogP contribution in [-0.4, -0.2) is 37.6 Å². The summed E-state index contributed by atoms with van der Waals surface area (Å²) in [5.74, 6) is 2.14. The van der Waals surface area contributed by atoms with Crippen molar-refractivity contribution in [2.24, 2.45) is 0 Å². The van der Waals surface area contributed by atoms with Crippen LogP contribution in [0.3, 0.4) is 0 Å². The minimum Gasteiger partial charge on any atom is -0.322 e. The zero-order valence-electron chi connectivity index (χ0n) is 20.4. The van der Waals surface area contributed by atoms with E-state index in [9.17, 15) is 4.39 Å². The van der Waals surface area contributed by atoms with E-state index in [1.165, 1.54) is 11.8 Å². The standard InChI is InChI=1S/C27H30FN7/c1-16-12-19(13-21-24(16)33-23-6-9-27(2,3)35(21)23)25-20(28)15-31-26(34-25)32-22-5-4-18(14-30-22)17-7-10-29-11-8-17/h4-5,12-15,17,29H,6-11H2,1-3H3,(H,30,31,32,34). The summed E-state index contributed by atoms with van der Waals surface area (Å²) in [6.07, 6.45) is 7.39. The molecular weight excluding hydrogens is 441 g/mol. The van der Waals surface area contributed by atoms with Crippen LogP contribution in [0.1, 0.15) is 56.0 Å². The lowest BCUT2D eigenvalue weighted by Gasteiger charge is -2.22. The number of hydrogen-bond donors (Lipinski definition) is 2. The van der Waals surface area contributed by atoms with Gasteiger partial charge in [-0.1, -0.05) is 6.07 Å². The van der Waals surface area contributed by atoms with Gasteiger partial charge in [0, 0.05) is 23.7 Å². The molecule has 0 aliphatic carbocycles. The Kier molecular flexibility index (Phi) is 5.29. The highest BCUT2D eigenvalue weighted by Crippen LogP contribution is 2.38. The molecule has 0 amide bonds. The summed E-state index contributed by atoms with van der Waals surface area (Å²) in [4.78, 5) is 18.1. The minimum atomic E-state index is -0.455. The van der Waals surface area contributed by atoms with E-state index < -0.39 is 5.82 Å². The van der Waals surface area contributed by atoms with Crippen molar-refractivity contribution >= 4 is 22.8 Å². The normalized spacial score (nSPS) is 17.6. The van der Waals surface area contributed by atoms with Crippen molar-refractivity contribution < 1.29 is 4.39 Å². The Hall–Kier alpha value is -3.39. The number of imidazole rings is 1. The van der Waals surface area contributed by atoms with Crippen LogP contribution in [0.25, 0.3) is 22.3 Å². The van der Waals surface area contributed by atoms with Gasteiger partial charge in [0.05, 0.1) is 17.2 Å². The van der Waals surface area contributed by atoms with E-state index in [1.54, 1.807) is 0 Å². The molecule has 0 bridgehead atoms. The van der Waals surface area contributed by atoms with Crippen LogP contribution in [0.4, 0.5) is 16.2 Å². The summed E-state index contributed by atoms with van der Waals surface area (Å²) in [6, 6.07) is 8.01. The molecule has 1 saturated heterocycles. The summed E-state index contributed by atoms with van der Waals surface area (Å²) in [5.41, 5.74) is 5.24. The fourth-order valence-electron chi connectivity index (χ4n) is 5.52. The van der Waals surface area contributed by atoms with Crippen molar-refractivity contribution in [1.29, 1.82) is 0 Å². The van der Waals surface area contributed by atoms with Crippen molar-refractivity contribution in [3.63, 3.8) is 0 Å². The maximum absolute atomic E-state index is 14.9. The van der Waals surface area contributed by atoms with Crippen molar-refractivity contribution in [1.82, 2.24) is 29.8 Å². The van der Waals surface area contributed by atoms with Gasteiger partial charge in [-0.2, -0.15) is 0 Å². The second-order valence-electron chi connectivity index (χ2n) is 10.4. The van der Waals surface area contributed by atoms with Crippen LogP contribution in [0.5, 0.6) is 0 Å². The van der Waals surface area contributed by atoms with E-state index in [-0.39, 0.29) is 11.2 Å². The Balaban J connectivity index is 1.32. The average molecular weight is 472 g/mol. The molecule has 180 valence electrons. The highest BCUT2D eigenvalue weighted by Gasteiger charge is 2.32. The van der Waals surface area contributed by atoms with Crippen molar-refractivity contribution in [3.05, 3.63) is 59.4 Å². The molecule has 0 saturated carbocycles. The lowest BCUT2D eigenvalue weighted by molar-refractivity contribution is 0.386. The highest BCUT2D eigenvalue weighted by atomic mass is 19.1. The van der Waals surface area contributed by atoms with E-state index in [0.29, 0.717) is 17.7 Å². The first kappa shape index (κ1) is 22.1. The number of anilines is 2. The molecule has 5 heterocycles. The number of aryl methyl sites for hydroxylation is 2. The maximum atomic E-state index is 14.9. The van der Waals surface area contributed by atoms with E-state index in [1.807, 2.05) is 31.3 Å². The van der Waals surface area contributed by atoms with Gasteiger partial charge in [0.25, 0.3) is 0 Å². The van der Waals surface area contributed by atoms with Crippen LogP contribution in [0, 0.1) is 12.7 Å². The number of piperidine rings is 1. The molecule has 0 atom stereocenters. The van der Waals surface area contributed by atoms with Crippen molar-refractivity contribution in [3.8, 4) is 11.3 Å². The molecule has 8 heteroatoms. The first-order valence-corrected chi connectivity index (χ1v) is 12.4. The Bertz CT molecular complexity index is 1400. The molecule has 2 N–H and O–H groups in total. The number of halogens is 1. The molecule has 1 fully saturated rings. The predicted molar refractivity (Wildman–Crippen MR) is 135 cm³/mol. The van der Waals surface area contributed by atoms with Crippen LogP contribution in [0.2, 0.25) is 0 Å². The molecule has 35 heavy (non-hydrogen) atoms. The van der Waals surface area contributed by atoms with E-state index in [4.69, 9.17) is 4.98 Å². The van der Waals surface area contributed by atoms with Crippen molar-refractivity contribution in [2.75, 3.05) is 18.4 Å². The SMILES string of the molecule is Cc1cc(-c2nc(Nc3ccc(C4CCNCC4)cn3)ncc2F)cc2c1nc1n2C(C)(C)CC1. The lowest BCUT2D eigenvalue weighted by atomic mass is 9.91. The molecule has 2 aliphatic rings. The highest BCUT2D eigenvalue weighted by molar-refractivity contribution is 5.86. The number of hydrogen-bond acceptors (Lipinski definition) is 6. The Morgan fingerprint density at radius 2 is 1.91 bits per heavy atom. The Morgan fingerprint density at radius 1 is 1.09 bits per heavy atom. The van der Waals surface area contributed by atoms with E-state index >= 15 is 0 Å². The van der Waals surface area contributed by atoms with Gasteiger partial charge >= 0.3 is 0 Å². The van der Waals surface area contributed by atoms with Gasteiger partial charge in [0.1, 0.15) is 17.3 Å². The van der Waals surface area contributed by atoms with Gasteiger partial charge in [0.15, 0.2) is 5.82 Å². The Labute approximate surface area is 204 Å². The number of nitrogens with one attached hydrogen (secondary N) is 2. The second kappa shape index (κ2) is 8.37. The number of aromatic nitrogens is 5. The number of pyridine rings is 1. The van der Waals surface area contributed by atoms with Gasteiger partial charge in [-0.3, -0.25) is 0 Å². The van der Waals surface area contributed by atoms with Gasteiger partial charge in [-0.15, -0.1) is 0 Å². The third kappa shape index (κ3) is 3.95. The third-order valence-corrected chi connectivity index (χ3v) is 7.44. The molecular formula is C27H30FN7. The van der Waals surface area contributed by atoms with Crippen molar-refractivity contribution in [2.45, 2.75) is 57.9 Å². The first-order chi connectivity index (χ1) is 16.9. The van der Waals surface area contributed by atoms with E-state index in [0.717, 1.165) is 66.8 Å². The zero-order valence-corrected chi connectivity index (χ0v) is 20.4. The van der Waals surface area contributed by atoms with Gasteiger partial charge in [0.2, 0.25) is 5.95 Å². The molecule has 2 aliphatic heterocycles. The molecule has 4 aromatic rings. The molecule has 6 rings (SSSR count). The second-order valence-corrected chi connectivity index (χ2v) is 10.4. The van der Waals surface area contributed by atoms with Crippen LogP contribution >= 0.6 is 0 Å². The molecule has 1 aromatic carbocycles. The quantitative estimate of drug-likeness (QED) is 0.424. The number of rotatable bonds is 4. The fourth-order valence-corrected chi connectivity index (χ4v) is 5.52. The molecule has 7 nitrogen and oxygen atoms in total.